The summed E-state index contributed by atoms with van der Waals surface area (Å²) in [7, 11) is 1.76. The number of hydrogen-bond acceptors (Lipinski definition) is 2. The van der Waals surface area contributed by atoms with Gasteiger partial charge in [-0.25, -0.2) is 0 Å². The summed E-state index contributed by atoms with van der Waals surface area (Å²) < 4.78 is 5.67. The molecule has 0 spiro atoms. The Morgan fingerprint density at radius 1 is 1.00 bits per heavy atom. The van der Waals surface area contributed by atoms with Crippen molar-refractivity contribution in [3.05, 3.63) is 48.0 Å². The first-order chi connectivity index (χ1) is 10.1. The van der Waals surface area contributed by atoms with Crippen LogP contribution in [-0.4, -0.2) is 13.7 Å². The zero-order valence-corrected chi connectivity index (χ0v) is 12.7. The lowest BCUT2D eigenvalue weighted by molar-refractivity contribution is 0.400. The molecule has 0 aliphatic carbocycles. The maximum absolute atomic E-state index is 5.67. The molecule has 0 unspecified atom stereocenters. The molecule has 2 heteroatoms. The van der Waals surface area contributed by atoms with Crippen LogP contribution in [0.2, 0.25) is 0 Å². The van der Waals surface area contributed by atoms with E-state index in [0.29, 0.717) is 0 Å². The summed E-state index contributed by atoms with van der Waals surface area (Å²) in [5, 5.41) is 8.66. The van der Waals surface area contributed by atoms with Crippen molar-refractivity contribution in [3.8, 4) is 5.75 Å². The molecule has 0 amide bonds. The van der Waals surface area contributed by atoms with Crippen molar-refractivity contribution in [1.29, 1.82) is 0 Å². The van der Waals surface area contributed by atoms with Crippen LogP contribution in [0, 0.1) is 0 Å². The van der Waals surface area contributed by atoms with Gasteiger partial charge < -0.3 is 10.1 Å². The Bertz CT molecular complexity index is 864. The van der Waals surface area contributed by atoms with E-state index in [0.717, 1.165) is 12.3 Å². The highest BCUT2D eigenvalue weighted by atomic mass is 16.5. The SMILES string of the molecule is COc1cc2cc3ccccc3cc2c2c1C(C)(C)CN2. The highest BCUT2D eigenvalue weighted by molar-refractivity contribution is 6.06. The molecule has 0 saturated carbocycles. The van der Waals surface area contributed by atoms with Gasteiger partial charge in [-0.1, -0.05) is 38.1 Å². The van der Waals surface area contributed by atoms with Gasteiger partial charge in [0.15, 0.2) is 0 Å². The second-order valence-electron chi connectivity index (χ2n) is 6.49. The van der Waals surface area contributed by atoms with Crippen molar-refractivity contribution in [2.24, 2.45) is 0 Å². The van der Waals surface area contributed by atoms with Gasteiger partial charge in [0.05, 0.1) is 7.11 Å². The van der Waals surface area contributed by atoms with Crippen molar-refractivity contribution in [1.82, 2.24) is 0 Å². The number of nitrogens with one attached hydrogen (secondary N) is 1. The Morgan fingerprint density at radius 2 is 1.71 bits per heavy atom. The minimum atomic E-state index is 0.0977. The van der Waals surface area contributed by atoms with Gasteiger partial charge >= 0.3 is 0 Å². The van der Waals surface area contributed by atoms with Crippen LogP contribution in [0.1, 0.15) is 19.4 Å². The zero-order valence-electron chi connectivity index (χ0n) is 12.7. The zero-order chi connectivity index (χ0) is 14.6. The Labute approximate surface area is 124 Å². The van der Waals surface area contributed by atoms with Gasteiger partial charge in [0.25, 0.3) is 0 Å². The third kappa shape index (κ3) is 1.72. The summed E-state index contributed by atoms with van der Waals surface area (Å²) in [6.07, 6.45) is 0. The fourth-order valence-electron chi connectivity index (χ4n) is 3.48. The molecular formula is C19H19NO. The van der Waals surface area contributed by atoms with E-state index < -0.39 is 0 Å². The Balaban J connectivity index is 2.15. The molecule has 0 bridgehead atoms. The molecule has 4 rings (SSSR count). The first kappa shape index (κ1) is 12.5. The molecule has 1 N–H and O–H groups in total. The van der Waals surface area contributed by atoms with Gasteiger partial charge in [-0.3, -0.25) is 0 Å². The van der Waals surface area contributed by atoms with E-state index in [1.54, 1.807) is 7.11 Å². The van der Waals surface area contributed by atoms with Crippen LogP contribution in [0.5, 0.6) is 5.75 Å². The molecule has 2 nitrogen and oxygen atoms in total. The van der Waals surface area contributed by atoms with Crippen LogP contribution in [0.4, 0.5) is 5.69 Å². The molecule has 3 aromatic carbocycles. The van der Waals surface area contributed by atoms with Crippen LogP contribution in [0.3, 0.4) is 0 Å². The third-order valence-corrected chi connectivity index (χ3v) is 4.57. The molecular weight excluding hydrogens is 258 g/mol. The normalized spacial score (nSPS) is 16.0. The van der Waals surface area contributed by atoms with Crippen molar-refractivity contribution >= 4 is 27.2 Å². The number of methoxy groups -OCH3 is 1. The summed E-state index contributed by atoms with van der Waals surface area (Å²) in [6.45, 7) is 5.48. The van der Waals surface area contributed by atoms with Gasteiger partial charge in [-0.15, -0.1) is 0 Å². The van der Waals surface area contributed by atoms with E-state index in [-0.39, 0.29) is 5.41 Å². The van der Waals surface area contributed by atoms with E-state index >= 15 is 0 Å². The lowest BCUT2D eigenvalue weighted by Crippen LogP contribution is -2.19. The van der Waals surface area contributed by atoms with Gasteiger partial charge in [-0.2, -0.15) is 0 Å². The number of rotatable bonds is 1. The fourth-order valence-corrected chi connectivity index (χ4v) is 3.48. The van der Waals surface area contributed by atoms with Crippen LogP contribution in [-0.2, 0) is 5.41 Å². The third-order valence-electron chi connectivity index (χ3n) is 4.57. The molecule has 0 aromatic heterocycles. The number of ether oxygens (including phenoxy) is 1. The van der Waals surface area contributed by atoms with Crippen LogP contribution >= 0.6 is 0 Å². The average Bonchev–Trinajstić information content (AvgIpc) is 2.81. The summed E-state index contributed by atoms with van der Waals surface area (Å²) >= 11 is 0. The smallest absolute Gasteiger partial charge is 0.125 e. The van der Waals surface area contributed by atoms with Gasteiger partial charge in [0.1, 0.15) is 5.75 Å². The first-order valence-corrected chi connectivity index (χ1v) is 7.38. The second-order valence-corrected chi connectivity index (χ2v) is 6.49. The number of benzene rings is 3. The minimum Gasteiger partial charge on any atom is -0.496 e. The topological polar surface area (TPSA) is 21.3 Å². The highest BCUT2D eigenvalue weighted by Gasteiger charge is 2.34. The molecule has 1 aliphatic heterocycles. The monoisotopic (exact) mass is 277 g/mol. The highest BCUT2D eigenvalue weighted by Crippen LogP contribution is 2.47. The Hall–Kier alpha value is -2.22. The van der Waals surface area contributed by atoms with Crippen LogP contribution < -0.4 is 10.1 Å². The lowest BCUT2D eigenvalue weighted by Gasteiger charge is -2.20. The van der Waals surface area contributed by atoms with E-state index in [1.165, 1.54) is 32.8 Å². The van der Waals surface area contributed by atoms with E-state index in [4.69, 9.17) is 4.74 Å². The Morgan fingerprint density at radius 3 is 2.43 bits per heavy atom. The molecule has 1 aliphatic rings. The maximum Gasteiger partial charge on any atom is 0.125 e. The van der Waals surface area contributed by atoms with Crippen molar-refractivity contribution in [2.45, 2.75) is 19.3 Å². The summed E-state index contributed by atoms with van der Waals surface area (Å²) in [6, 6.07) is 15.2. The van der Waals surface area contributed by atoms with Crippen LogP contribution in [0.25, 0.3) is 21.5 Å². The van der Waals surface area contributed by atoms with Gasteiger partial charge in [0.2, 0.25) is 0 Å². The lowest BCUT2D eigenvalue weighted by atomic mass is 9.84. The van der Waals surface area contributed by atoms with Crippen molar-refractivity contribution < 1.29 is 4.74 Å². The van der Waals surface area contributed by atoms with Gasteiger partial charge in [-0.05, 0) is 34.4 Å². The molecule has 0 fully saturated rings. The van der Waals surface area contributed by atoms with Crippen molar-refractivity contribution in [3.63, 3.8) is 0 Å². The number of anilines is 1. The molecule has 0 atom stereocenters. The molecule has 0 saturated heterocycles. The Kier molecular flexibility index (Phi) is 2.47. The predicted molar refractivity (Wildman–Crippen MR) is 89.5 cm³/mol. The standard InChI is InChI=1S/C19H19NO/c1-19(2)11-20-18-15-9-13-7-5-4-6-12(13)8-14(15)10-16(21-3)17(18)19/h4-10,20H,11H2,1-3H3. The molecule has 0 radical (unpaired) electrons. The largest absolute Gasteiger partial charge is 0.496 e. The summed E-state index contributed by atoms with van der Waals surface area (Å²) in [5.41, 5.74) is 2.63. The van der Waals surface area contributed by atoms with Gasteiger partial charge in [0, 0.05) is 28.6 Å². The quantitative estimate of drug-likeness (QED) is 0.651. The minimum absolute atomic E-state index is 0.0977. The number of fused-ring (bicyclic) bond motifs is 4. The van der Waals surface area contributed by atoms with E-state index in [1.807, 2.05) is 0 Å². The number of hydrogen-bond donors (Lipinski definition) is 1. The maximum atomic E-state index is 5.67. The second kappa shape index (κ2) is 4.14. The molecule has 21 heavy (non-hydrogen) atoms. The first-order valence-electron chi connectivity index (χ1n) is 7.38. The fraction of sp³-hybridized carbons (Fsp3) is 0.263. The van der Waals surface area contributed by atoms with E-state index in [9.17, 15) is 0 Å². The summed E-state index contributed by atoms with van der Waals surface area (Å²) in [5.74, 6) is 0.989. The summed E-state index contributed by atoms with van der Waals surface area (Å²) in [4.78, 5) is 0. The molecule has 1 heterocycles. The average molecular weight is 277 g/mol. The predicted octanol–water partition coefficient (Wildman–Crippen LogP) is 4.70. The molecule has 106 valence electrons. The molecule has 3 aromatic rings. The van der Waals surface area contributed by atoms with Crippen molar-refractivity contribution in [2.75, 3.05) is 19.0 Å². The van der Waals surface area contributed by atoms with Crippen LogP contribution in [0.15, 0.2) is 42.5 Å². The van der Waals surface area contributed by atoms with E-state index in [2.05, 4.69) is 61.6 Å².